The number of carbonyl (C=O) groups excluding carboxylic acids is 1. The van der Waals surface area contributed by atoms with Crippen LogP contribution >= 0.6 is 0 Å². The first kappa shape index (κ1) is 14.4. The molecule has 1 aliphatic rings. The number of ether oxygens (including phenoxy) is 2. The predicted molar refractivity (Wildman–Crippen MR) is 85.5 cm³/mol. The molecule has 3 rings (SSSR count). The zero-order valence-electron chi connectivity index (χ0n) is 12.8. The Balaban J connectivity index is 1.73. The Hall–Kier alpha value is -2.49. The lowest BCUT2D eigenvalue weighted by molar-refractivity contribution is -0.119. The second-order valence-electron chi connectivity index (χ2n) is 5.43. The summed E-state index contributed by atoms with van der Waals surface area (Å²) >= 11 is 0. The minimum atomic E-state index is -0.0239. The summed E-state index contributed by atoms with van der Waals surface area (Å²) in [5, 5.41) is 2.97. The van der Waals surface area contributed by atoms with Crippen molar-refractivity contribution in [2.45, 2.75) is 12.8 Å². The first-order chi connectivity index (χ1) is 10.7. The highest BCUT2D eigenvalue weighted by molar-refractivity contribution is 5.94. The molecule has 0 saturated carbocycles. The molecule has 0 bridgehead atoms. The van der Waals surface area contributed by atoms with Crippen LogP contribution in [0.15, 0.2) is 42.5 Å². The van der Waals surface area contributed by atoms with Gasteiger partial charge in [0.15, 0.2) is 0 Å². The largest absolute Gasteiger partial charge is 0.497 e. The van der Waals surface area contributed by atoms with Gasteiger partial charge in [0.25, 0.3) is 0 Å². The summed E-state index contributed by atoms with van der Waals surface area (Å²) in [4.78, 5) is 12.5. The van der Waals surface area contributed by atoms with Crippen molar-refractivity contribution >= 4 is 11.6 Å². The Morgan fingerprint density at radius 3 is 2.32 bits per heavy atom. The van der Waals surface area contributed by atoms with Crippen LogP contribution in [0.3, 0.4) is 0 Å². The SMILES string of the molecule is COc1ccc(NC(=O)C2Cc3ccccc3C2)c(OC)c1. The topological polar surface area (TPSA) is 47.6 Å². The zero-order valence-corrected chi connectivity index (χ0v) is 12.8. The maximum absolute atomic E-state index is 12.5. The molecule has 0 spiro atoms. The van der Waals surface area contributed by atoms with Gasteiger partial charge in [0.1, 0.15) is 11.5 Å². The lowest BCUT2D eigenvalue weighted by atomic mass is 10.1. The van der Waals surface area contributed by atoms with E-state index in [-0.39, 0.29) is 11.8 Å². The molecule has 2 aromatic carbocycles. The van der Waals surface area contributed by atoms with Gasteiger partial charge in [-0.15, -0.1) is 0 Å². The van der Waals surface area contributed by atoms with E-state index in [1.54, 1.807) is 26.4 Å². The van der Waals surface area contributed by atoms with Crippen LogP contribution in [0.25, 0.3) is 0 Å². The van der Waals surface area contributed by atoms with Crippen LogP contribution < -0.4 is 14.8 Å². The van der Waals surface area contributed by atoms with Crippen LogP contribution in [0, 0.1) is 5.92 Å². The number of hydrogen-bond donors (Lipinski definition) is 1. The Labute approximate surface area is 130 Å². The van der Waals surface area contributed by atoms with E-state index >= 15 is 0 Å². The third-order valence-electron chi connectivity index (χ3n) is 4.09. The quantitative estimate of drug-likeness (QED) is 0.943. The highest BCUT2D eigenvalue weighted by atomic mass is 16.5. The predicted octanol–water partition coefficient (Wildman–Crippen LogP) is 3.06. The summed E-state index contributed by atoms with van der Waals surface area (Å²) in [5.74, 6) is 1.30. The minimum Gasteiger partial charge on any atom is -0.497 e. The molecule has 1 amide bonds. The van der Waals surface area contributed by atoms with Gasteiger partial charge in [-0.2, -0.15) is 0 Å². The zero-order chi connectivity index (χ0) is 15.5. The molecule has 4 nitrogen and oxygen atoms in total. The maximum Gasteiger partial charge on any atom is 0.228 e. The van der Waals surface area contributed by atoms with E-state index in [1.165, 1.54) is 11.1 Å². The van der Waals surface area contributed by atoms with Crippen LogP contribution in [-0.2, 0) is 17.6 Å². The van der Waals surface area contributed by atoms with Gasteiger partial charge in [0.05, 0.1) is 19.9 Å². The van der Waals surface area contributed by atoms with E-state index < -0.39 is 0 Å². The Kier molecular flexibility index (Phi) is 4.00. The molecule has 0 aromatic heterocycles. The van der Waals surface area contributed by atoms with Gasteiger partial charge in [-0.25, -0.2) is 0 Å². The van der Waals surface area contributed by atoms with Gasteiger partial charge >= 0.3 is 0 Å². The molecular weight excluding hydrogens is 278 g/mol. The number of hydrogen-bond acceptors (Lipinski definition) is 3. The van der Waals surface area contributed by atoms with Crippen molar-refractivity contribution in [2.75, 3.05) is 19.5 Å². The van der Waals surface area contributed by atoms with E-state index in [9.17, 15) is 4.79 Å². The molecule has 0 heterocycles. The number of fused-ring (bicyclic) bond motifs is 1. The van der Waals surface area contributed by atoms with Crippen LogP contribution in [0.2, 0.25) is 0 Å². The van der Waals surface area contributed by atoms with Crippen molar-refractivity contribution in [3.05, 3.63) is 53.6 Å². The smallest absolute Gasteiger partial charge is 0.228 e. The number of nitrogens with one attached hydrogen (secondary N) is 1. The summed E-state index contributed by atoms with van der Waals surface area (Å²) in [5.41, 5.74) is 3.21. The van der Waals surface area contributed by atoms with E-state index in [0.29, 0.717) is 17.2 Å². The molecular formula is C18H19NO3. The number of methoxy groups -OCH3 is 2. The second kappa shape index (κ2) is 6.10. The number of benzene rings is 2. The third kappa shape index (κ3) is 2.77. The lowest BCUT2D eigenvalue weighted by Crippen LogP contribution is -2.23. The molecule has 0 radical (unpaired) electrons. The summed E-state index contributed by atoms with van der Waals surface area (Å²) in [6.07, 6.45) is 1.58. The maximum atomic E-state index is 12.5. The minimum absolute atomic E-state index is 0.0239. The standard InChI is InChI=1S/C18H19NO3/c1-21-15-7-8-16(17(11-15)22-2)19-18(20)14-9-12-5-3-4-6-13(12)10-14/h3-8,11,14H,9-10H2,1-2H3,(H,19,20). The Morgan fingerprint density at radius 2 is 1.73 bits per heavy atom. The first-order valence-corrected chi connectivity index (χ1v) is 7.31. The third-order valence-corrected chi connectivity index (χ3v) is 4.09. The number of anilines is 1. The van der Waals surface area contributed by atoms with E-state index in [1.807, 2.05) is 18.2 Å². The molecule has 0 fully saturated rings. The van der Waals surface area contributed by atoms with Crippen molar-refractivity contribution in [2.24, 2.45) is 5.92 Å². The molecule has 2 aromatic rings. The van der Waals surface area contributed by atoms with Crippen LogP contribution in [0.4, 0.5) is 5.69 Å². The van der Waals surface area contributed by atoms with Crippen molar-refractivity contribution in [3.63, 3.8) is 0 Å². The van der Waals surface area contributed by atoms with Gasteiger partial charge in [0.2, 0.25) is 5.91 Å². The average Bonchev–Trinajstić information content (AvgIpc) is 2.99. The van der Waals surface area contributed by atoms with Crippen molar-refractivity contribution in [1.29, 1.82) is 0 Å². The Morgan fingerprint density at radius 1 is 1.05 bits per heavy atom. The molecule has 1 aliphatic carbocycles. The van der Waals surface area contributed by atoms with Gasteiger partial charge < -0.3 is 14.8 Å². The molecule has 0 saturated heterocycles. The number of carbonyl (C=O) groups is 1. The normalized spacial score (nSPS) is 13.5. The monoisotopic (exact) mass is 297 g/mol. The highest BCUT2D eigenvalue weighted by Crippen LogP contribution is 2.31. The second-order valence-corrected chi connectivity index (χ2v) is 5.43. The fourth-order valence-corrected chi connectivity index (χ4v) is 2.88. The van der Waals surface area contributed by atoms with Crippen molar-refractivity contribution < 1.29 is 14.3 Å². The van der Waals surface area contributed by atoms with Crippen molar-refractivity contribution in [1.82, 2.24) is 0 Å². The molecule has 0 aliphatic heterocycles. The molecule has 1 N–H and O–H groups in total. The van der Waals surface area contributed by atoms with E-state index in [2.05, 4.69) is 17.4 Å². The molecule has 114 valence electrons. The summed E-state index contributed by atoms with van der Waals surface area (Å²) < 4.78 is 10.5. The summed E-state index contributed by atoms with van der Waals surface area (Å²) in [6.45, 7) is 0. The van der Waals surface area contributed by atoms with Crippen molar-refractivity contribution in [3.8, 4) is 11.5 Å². The molecule has 0 unspecified atom stereocenters. The number of rotatable bonds is 4. The molecule has 4 heteroatoms. The van der Waals surface area contributed by atoms with Crippen LogP contribution in [0.1, 0.15) is 11.1 Å². The first-order valence-electron chi connectivity index (χ1n) is 7.31. The van der Waals surface area contributed by atoms with E-state index in [0.717, 1.165) is 12.8 Å². The van der Waals surface area contributed by atoms with Gasteiger partial charge in [-0.3, -0.25) is 4.79 Å². The van der Waals surface area contributed by atoms with Gasteiger partial charge in [0, 0.05) is 12.0 Å². The summed E-state index contributed by atoms with van der Waals surface area (Å²) in [7, 11) is 3.18. The van der Waals surface area contributed by atoms with Gasteiger partial charge in [-0.05, 0) is 36.1 Å². The van der Waals surface area contributed by atoms with Crippen LogP contribution in [0.5, 0.6) is 11.5 Å². The van der Waals surface area contributed by atoms with E-state index in [4.69, 9.17) is 9.47 Å². The fourth-order valence-electron chi connectivity index (χ4n) is 2.88. The average molecular weight is 297 g/mol. The van der Waals surface area contributed by atoms with Crippen LogP contribution in [-0.4, -0.2) is 20.1 Å². The molecule has 22 heavy (non-hydrogen) atoms. The lowest BCUT2D eigenvalue weighted by Gasteiger charge is -2.14. The fraction of sp³-hybridized carbons (Fsp3) is 0.278. The number of amides is 1. The summed E-state index contributed by atoms with van der Waals surface area (Å²) in [6, 6.07) is 13.6. The highest BCUT2D eigenvalue weighted by Gasteiger charge is 2.27. The Bertz CT molecular complexity index is 671. The molecule has 0 atom stereocenters. The van der Waals surface area contributed by atoms with Gasteiger partial charge in [-0.1, -0.05) is 24.3 Å².